The van der Waals surface area contributed by atoms with Crippen molar-refractivity contribution >= 4 is 5.97 Å². The van der Waals surface area contributed by atoms with Gasteiger partial charge in [-0.05, 0) is 99.7 Å². The van der Waals surface area contributed by atoms with Crippen LogP contribution in [0.1, 0.15) is 106 Å². The molecule has 5 saturated heterocycles. The van der Waals surface area contributed by atoms with Gasteiger partial charge in [0.25, 0.3) is 0 Å². The van der Waals surface area contributed by atoms with E-state index in [0.29, 0.717) is 18.8 Å². The van der Waals surface area contributed by atoms with Crippen molar-refractivity contribution in [3.05, 3.63) is 11.6 Å². The Morgan fingerprint density at radius 2 is 1.28 bits per heavy atom. The summed E-state index contributed by atoms with van der Waals surface area (Å²) in [6.07, 6.45) is -21.9. The number of aliphatic hydroxyl groups excluding tert-OH is 11. The quantitative estimate of drug-likeness (QED) is 0.0547. The summed E-state index contributed by atoms with van der Waals surface area (Å²) in [7, 11) is 1.21. The van der Waals surface area contributed by atoms with Crippen molar-refractivity contribution < 1.29 is 108 Å². The van der Waals surface area contributed by atoms with Gasteiger partial charge in [0.05, 0.1) is 38.1 Å². The van der Waals surface area contributed by atoms with Crippen LogP contribution in [0.5, 0.6) is 0 Å². The standard InChI is InChI=1S/C53H86O22/c1-22(2)10-9-16-52(7)31-14-12-25-24-11-13-30-50(4,5)33(15-17-51(30,6)26(24)18-32(56)53(25,31)49(65)75-52)72-48-44(74-45-39(62)38(61)34(57)23(3)68-45)37(60)29(21-67-48)71-46-41(64)43(36(59)28(20-55)69-46)73-47-40(63)42(66-8)35(58)27(19-54)70-47/h18,22-25,27-48,54-64H,9-17,19-21H2,1-8H3. The van der Waals surface area contributed by atoms with Crippen LogP contribution in [0.25, 0.3) is 0 Å². The molecule has 8 fully saturated rings. The number of cyclic esters (lactones) is 1. The summed E-state index contributed by atoms with van der Waals surface area (Å²) < 4.78 is 60.4. The van der Waals surface area contributed by atoms with Crippen molar-refractivity contribution in [2.24, 2.45) is 45.8 Å². The zero-order chi connectivity index (χ0) is 54.4. The minimum Gasteiger partial charge on any atom is -0.459 e. The van der Waals surface area contributed by atoms with E-state index in [-0.39, 0.29) is 35.1 Å². The summed E-state index contributed by atoms with van der Waals surface area (Å²) in [6.45, 7) is 12.5. The van der Waals surface area contributed by atoms with Crippen LogP contribution >= 0.6 is 0 Å². The van der Waals surface area contributed by atoms with Gasteiger partial charge in [0.15, 0.2) is 25.2 Å². The molecule has 9 aliphatic rings. The molecule has 22 heteroatoms. The third-order valence-electron chi connectivity index (χ3n) is 19.7. The highest BCUT2D eigenvalue weighted by atomic mass is 16.8. The van der Waals surface area contributed by atoms with Gasteiger partial charge in [-0.25, -0.2) is 0 Å². The van der Waals surface area contributed by atoms with Gasteiger partial charge in [0.1, 0.15) is 96.5 Å². The van der Waals surface area contributed by atoms with E-state index >= 15 is 0 Å². The molecule has 4 aliphatic carbocycles. The van der Waals surface area contributed by atoms with Gasteiger partial charge in [-0.15, -0.1) is 0 Å². The molecule has 0 radical (unpaired) electrons. The smallest absolute Gasteiger partial charge is 0.316 e. The number of esters is 1. The molecule has 0 aromatic rings. The Morgan fingerprint density at radius 3 is 1.93 bits per heavy atom. The summed E-state index contributed by atoms with van der Waals surface area (Å²) in [5, 5.41) is 122. The molecule has 28 unspecified atom stereocenters. The first-order chi connectivity index (χ1) is 35.4. The maximum Gasteiger partial charge on any atom is 0.316 e. The van der Waals surface area contributed by atoms with Crippen LogP contribution < -0.4 is 0 Å². The van der Waals surface area contributed by atoms with Gasteiger partial charge in [0, 0.05) is 13.0 Å². The van der Waals surface area contributed by atoms with E-state index in [1.54, 1.807) is 0 Å². The molecule has 9 rings (SSSR count). The Labute approximate surface area is 438 Å². The van der Waals surface area contributed by atoms with Gasteiger partial charge in [-0.3, -0.25) is 4.79 Å². The average molecular weight is 1080 g/mol. The number of rotatable bonds is 15. The van der Waals surface area contributed by atoms with Crippen molar-refractivity contribution in [1.82, 2.24) is 0 Å². The fraction of sp³-hybridized carbons (Fsp3) is 0.943. The van der Waals surface area contributed by atoms with E-state index in [2.05, 4.69) is 41.5 Å². The Morgan fingerprint density at radius 1 is 0.667 bits per heavy atom. The predicted molar refractivity (Wildman–Crippen MR) is 257 cm³/mol. The minimum atomic E-state index is -1.90. The van der Waals surface area contributed by atoms with Crippen molar-refractivity contribution in [3.63, 3.8) is 0 Å². The first kappa shape index (κ1) is 58.1. The second-order valence-corrected chi connectivity index (χ2v) is 24.7. The number of hydrogen-bond donors (Lipinski definition) is 11. The fourth-order valence-electron chi connectivity index (χ4n) is 15.7. The molecule has 1 spiro atoms. The van der Waals surface area contributed by atoms with E-state index < -0.39 is 165 Å². The van der Waals surface area contributed by atoms with E-state index in [4.69, 9.17) is 47.4 Å². The zero-order valence-electron chi connectivity index (χ0n) is 44.5. The third kappa shape index (κ3) is 9.80. The molecule has 0 amide bonds. The van der Waals surface area contributed by atoms with Crippen LogP contribution in [0.4, 0.5) is 0 Å². The number of aliphatic hydroxyl groups is 11. The highest BCUT2D eigenvalue weighted by Gasteiger charge is 2.74. The monoisotopic (exact) mass is 1070 g/mol. The van der Waals surface area contributed by atoms with E-state index in [0.717, 1.165) is 44.9 Å². The van der Waals surface area contributed by atoms with Gasteiger partial charge < -0.3 is 104 Å². The number of fused-ring (bicyclic) bond motifs is 4. The molecule has 0 aromatic carbocycles. The lowest BCUT2D eigenvalue weighted by Gasteiger charge is -2.62. The lowest BCUT2D eigenvalue weighted by atomic mass is 9.43. The lowest BCUT2D eigenvalue weighted by Crippen LogP contribution is -2.66. The zero-order valence-corrected chi connectivity index (χ0v) is 44.5. The van der Waals surface area contributed by atoms with Crippen molar-refractivity contribution in [1.29, 1.82) is 0 Å². The maximum atomic E-state index is 14.3. The molecule has 28 atom stereocenters. The van der Waals surface area contributed by atoms with Crippen LogP contribution in [-0.4, -0.2) is 224 Å². The topological polar surface area (TPSA) is 332 Å². The van der Waals surface area contributed by atoms with Gasteiger partial charge in [0.2, 0.25) is 0 Å². The number of carbonyl (C=O) groups excluding carboxylic acids is 1. The molecular formula is C53H86O22. The molecule has 5 heterocycles. The molecule has 0 aromatic heterocycles. The van der Waals surface area contributed by atoms with Crippen molar-refractivity contribution in [2.45, 2.75) is 241 Å². The lowest BCUT2D eigenvalue weighted by molar-refractivity contribution is -0.388. The van der Waals surface area contributed by atoms with Crippen LogP contribution in [0.15, 0.2) is 11.6 Å². The molecule has 430 valence electrons. The molecule has 3 saturated carbocycles. The summed E-state index contributed by atoms with van der Waals surface area (Å²) in [5.41, 5.74) is -1.36. The van der Waals surface area contributed by atoms with E-state index in [9.17, 15) is 61.0 Å². The predicted octanol–water partition coefficient (Wildman–Crippen LogP) is -0.727. The number of carbonyl (C=O) groups is 1. The summed E-state index contributed by atoms with van der Waals surface area (Å²) >= 11 is 0. The number of allylic oxidation sites excluding steroid dienone is 1. The van der Waals surface area contributed by atoms with Gasteiger partial charge in [-0.1, -0.05) is 52.7 Å². The maximum absolute atomic E-state index is 14.3. The highest BCUT2D eigenvalue weighted by molar-refractivity contribution is 5.83. The van der Waals surface area contributed by atoms with Crippen LogP contribution in [0, 0.1) is 45.8 Å². The summed E-state index contributed by atoms with van der Waals surface area (Å²) in [6, 6.07) is 0. The Balaban J connectivity index is 0.934. The Hall–Kier alpha value is -1.59. The Bertz CT molecular complexity index is 2010. The molecule has 11 N–H and O–H groups in total. The highest BCUT2D eigenvalue weighted by Crippen LogP contribution is 2.71. The second kappa shape index (κ2) is 22.0. The second-order valence-electron chi connectivity index (χ2n) is 24.7. The minimum absolute atomic E-state index is 0.0292. The normalized spacial score (nSPS) is 52.6. The van der Waals surface area contributed by atoms with Crippen molar-refractivity contribution in [2.75, 3.05) is 26.9 Å². The SMILES string of the molecule is COC1C(O)C(CO)OC(OC2C(O)C(CO)OC(OC3COC(OC4CCC5(C)C6=CC(O)C78C(=O)OC(C)(CCCC(C)C)C7CCC8C6CCC5C4(C)C)C(OC4OC(C)C(O)C(O)C4O)C3O)C2O)C1O. The largest absolute Gasteiger partial charge is 0.459 e. The Kier molecular flexibility index (Phi) is 17.1. The fourth-order valence-corrected chi connectivity index (χ4v) is 15.7. The molecule has 5 aliphatic heterocycles. The van der Waals surface area contributed by atoms with Crippen LogP contribution in [0.3, 0.4) is 0 Å². The summed E-state index contributed by atoms with van der Waals surface area (Å²) in [5.74, 6) is 0.267. The third-order valence-corrected chi connectivity index (χ3v) is 19.7. The first-order valence-corrected chi connectivity index (χ1v) is 27.4. The van der Waals surface area contributed by atoms with Crippen LogP contribution in [0.2, 0.25) is 0 Å². The van der Waals surface area contributed by atoms with Crippen LogP contribution in [-0.2, 0) is 52.2 Å². The van der Waals surface area contributed by atoms with E-state index in [1.165, 1.54) is 19.6 Å². The number of methoxy groups -OCH3 is 1. The van der Waals surface area contributed by atoms with Gasteiger partial charge in [-0.2, -0.15) is 0 Å². The molecule has 0 bridgehead atoms. The molecule has 22 nitrogen and oxygen atoms in total. The molecule has 75 heavy (non-hydrogen) atoms. The van der Waals surface area contributed by atoms with E-state index in [1.807, 2.05) is 6.08 Å². The molecular weight excluding hydrogens is 989 g/mol. The number of ether oxygens (including phenoxy) is 10. The van der Waals surface area contributed by atoms with Crippen molar-refractivity contribution in [3.8, 4) is 0 Å². The average Bonchev–Trinajstić information content (AvgIpc) is 4.00. The first-order valence-electron chi connectivity index (χ1n) is 27.4. The number of hydrogen-bond acceptors (Lipinski definition) is 22. The van der Waals surface area contributed by atoms with Gasteiger partial charge >= 0.3 is 5.97 Å². The summed E-state index contributed by atoms with van der Waals surface area (Å²) in [4.78, 5) is 14.3.